The molecule has 7 heteroatoms. The van der Waals surface area contributed by atoms with E-state index in [9.17, 15) is 14.0 Å². The largest absolute Gasteiger partial charge is 0.332 e. The second-order valence-electron chi connectivity index (χ2n) is 7.53. The van der Waals surface area contributed by atoms with Gasteiger partial charge in [0.1, 0.15) is 12.4 Å². The van der Waals surface area contributed by atoms with Crippen LogP contribution in [-0.2, 0) is 17.9 Å². The number of benzene rings is 2. The molecule has 0 aliphatic heterocycles. The van der Waals surface area contributed by atoms with Crippen molar-refractivity contribution in [3.8, 4) is 0 Å². The molecule has 5 nitrogen and oxygen atoms in total. The fraction of sp³-hybridized carbons (Fsp3) is 0.280. The van der Waals surface area contributed by atoms with Crippen molar-refractivity contribution < 1.29 is 14.0 Å². The van der Waals surface area contributed by atoms with Crippen molar-refractivity contribution >= 4 is 29.0 Å². The van der Waals surface area contributed by atoms with Crippen molar-refractivity contribution in [2.75, 3.05) is 18.4 Å². The minimum Gasteiger partial charge on any atom is -0.332 e. The predicted octanol–water partition coefficient (Wildman–Crippen LogP) is 5.75. The molecular weight excluding hydrogens is 425 g/mol. The molecule has 0 radical (unpaired) electrons. The van der Waals surface area contributed by atoms with Gasteiger partial charge in [-0.15, -0.1) is 11.3 Å². The summed E-state index contributed by atoms with van der Waals surface area (Å²) in [6, 6.07) is 19.1. The summed E-state index contributed by atoms with van der Waals surface area (Å²) >= 11 is 1.60. The standard InChI is InChI=1S/C25H28FN3O2S/c1-2-3-14-28(25(31)27-22-12-7-11-21(26)16-22)19-24(30)29(18-23-13-8-15-32-23)17-20-9-5-4-6-10-20/h4-13,15-16H,2-3,14,17-19H2,1H3,(H,27,31). The van der Waals surface area contributed by atoms with Crippen LogP contribution in [0.15, 0.2) is 72.1 Å². The second-order valence-corrected chi connectivity index (χ2v) is 8.56. The fourth-order valence-electron chi connectivity index (χ4n) is 3.26. The van der Waals surface area contributed by atoms with Crippen LogP contribution < -0.4 is 5.32 Å². The van der Waals surface area contributed by atoms with Crippen LogP contribution in [0.5, 0.6) is 0 Å². The molecule has 0 spiro atoms. The normalized spacial score (nSPS) is 10.6. The van der Waals surface area contributed by atoms with Gasteiger partial charge in [0.2, 0.25) is 5.91 Å². The van der Waals surface area contributed by atoms with Crippen LogP contribution in [0.2, 0.25) is 0 Å². The number of thiophene rings is 1. The number of nitrogens with zero attached hydrogens (tertiary/aromatic N) is 2. The molecule has 32 heavy (non-hydrogen) atoms. The summed E-state index contributed by atoms with van der Waals surface area (Å²) in [4.78, 5) is 30.6. The van der Waals surface area contributed by atoms with E-state index in [2.05, 4.69) is 5.32 Å². The first-order chi connectivity index (χ1) is 15.5. The number of rotatable bonds is 10. The molecule has 1 N–H and O–H groups in total. The Morgan fingerprint density at radius 3 is 2.47 bits per heavy atom. The average Bonchev–Trinajstić information content (AvgIpc) is 3.30. The first kappa shape index (κ1) is 23.5. The summed E-state index contributed by atoms with van der Waals surface area (Å²) in [5.41, 5.74) is 1.39. The third kappa shape index (κ3) is 7.20. The Morgan fingerprint density at radius 2 is 1.78 bits per heavy atom. The minimum atomic E-state index is -0.427. The van der Waals surface area contributed by atoms with Gasteiger partial charge in [-0.1, -0.05) is 55.8 Å². The van der Waals surface area contributed by atoms with Crippen molar-refractivity contribution in [3.05, 3.63) is 88.4 Å². The second kappa shape index (κ2) is 12.0. The van der Waals surface area contributed by atoms with Gasteiger partial charge in [-0.2, -0.15) is 0 Å². The molecule has 0 aliphatic rings. The molecule has 168 valence electrons. The molecule has 0 saturated heterocycles. The molecule has 0 saturated carbocycles. The number of carbonyl (C=O) groups excluding carboxylic acids is 2. The SMILES string of the molecule is CCCCN(CC(=O)N(Cc1ccccc1)Cc1cccs1)C(=O)Nc1cccc(F)c1. The first-order valence-corrected chi connectivity index (χ1v) is 11.6. The van der Waals surface area contributed by atoms with Crippen LogP contribution in [0.25, 0.3) is 0 Å². The number of carbonyl (C=O) groups is 2. The number of hydrogen-bond acceptors (Lipinski definition) is 3. The molecule has 0 bridgehead atoms. The van der Waals surface area contributed by atoms with E-state index in [-0.39, 0.29) is 12.5 Å². The minimum absolute atomic E-state index is 0.0423. The third-order valence-electron chi connectivity index (χ3n) is 4.97. The Labute approximate surface area is 192 Å². The maximum Gasteiger partial charge on any atom is 0.322 e. The molecule has 0 atom stereocenters. The van der Waals surface area contributed by atoms with Crippen LogP contribution in [0.3, 0.4) is 0 Å². The monoisotopic (exact) mass is 453 g/mol. The third-order valence-corrected chi connectivity index (χ3v) is 5.83. The van der Waals surface area contributed by atoms with Crippen molar-refractivity contribution in [2.24, 2.45) is 0 Å². The number of amides is 3. The van der Waals surface area contributed by atoms with E-state index in [1.165, 1.54) is 23.1 Å². The highest BCUT2D eigenvalue weighted by molar-refractivity contribution is 7.09. The molecular formula is C25H28FN3O2S. The smallest absolute Gasteiger partial charge is 0.322 e. The highest BCUT2D eigenvalue weighted by Gasteiger charge is 2.22. The molecule has 2 aromatic carbocycles. The van der Waals surface area contributed by atoms with Gasteiger partial charge in [-0.25, -0.2) is 9.18 Å². The van der Waals surface area contributed by atoms with Gasteiger partial charge in [0, 0.05) is 23.7 Å². The molecule has 0 unspecified atom stereocenters. The molecule has 0 aliphatic carbocycles. The van der Waals surface area contributed by atoms with E-state index in [1.807, 2.05) is 54.8 Å². The number of unbranched alkanes of at least 4 members (excludes halogenated alkanes) is 1. The van der Waals surface area contributed by atoms with E-state index in [0.717, 1.165) is 23.3 Å². The lowest BCUT2D eigenvalue weighted by Crippen LogP contribution is -2.44. The Kier molecular flexibility index (Phi) is 8.80. The van der Waals surface area contributed by atoms with Gasteiger partial charge >= 0.3 is 6.03 Å². The Hall–Kier alpha value is -3.19. The Morgan fingerprint density at radius 1 is 0.969 bits per heavy atom. The molecule has 3 aromatic rings. The topological polar surface area (TPSA) is 52.7 Å². The van der Waals surface area contributed by atoms with Crippen LogP contribution in [-0.4, -0.2) is 34.8 Å². The van der Waals surface area contributed by atoms with Crippen LogP contribution >= 0.6 is 11.3 Å². The number of nitrogens with one attached hydrogen (secondary N) is 1. The summed E-state index contributed by atoms with van der Waals surface area (Å²) in [5, 5.41) is 4.70. The Balaban J connectivity index is 1.73. The van der Waals surface area contributed by atoms with Gasteiger partial charge in [0.25, 0.3) is 0 Å². The lowest BCUT2D eigenvalue weighted by molar-refractivity contribution is -0.133. The van der Waals surface area contributed by atoms with E-state index in [1.54, 1.807) is 22.3 Å². The van der Waals surface area contributed by atoms with Crippen LogP contribution in [0, 0.1) is 5.82 Å². The summed E-state index contributed by atoms with van der Waals surface area (Å²) in [6.07, 6.45) is 1.66. The summed E-state index contributed by atoms with van der Waals surface area (Å²) in [7, 11) is 0. The van der Waals surface area contributed by atoms with Crippen LogP contribution in [0.1, 0.15) is 30.2 Å². The number of anilines is 1. The highest BCUT2D eigenvalue weighted by Crippen LogP contribution is 2.16. The fourth-order valence-corrected chi connectivity index (χ4v) is 3.98. The summed E-state index contributed by atoms with van der Waals surface area (Å²) < 4.78 is 13.5. The molecule has 1 heterocycles. The summed E-state index contributed by atoms with van der Waals surface area (Å²) in [6.45, 7) is 3.38. The van der Waals surface area contributed by atoms with Gasteiger partial charge in [-0.3, -0.25) is 4.79 Å². The van der Waals surface area contributed by atoms with Gasteiger partial charge in [0.05, 0.1) is 6.54 Å². The number of hydrogen-bond donors (Lipinski definition) is 1. The maximum absolute atomic E-state index is 13.5. The van der Waals surface area contributed by atoms with E-state index in [4.69, 9.17) is 0 Å². The van der Waals surface area contributed by atoms with Gasteiger partial charge in [0.15, 0.2) is 0 Å². The van der Waals surface area contributed by atoms with Crippen molar-refractivity contribution in [3.63, 3.8) is 0 Å². The summed E-state index contributed by atoms with van der Waals surface area (Å²) in [5.74, 6) is -0.559. The van der Waals surface area contributed by atoms with Gasteiger partial charge in [-0.05, 0) is 41.6 Å². The molecule has 1 aromatic heterocycles. The van der Waals surface area contributed by atoms with Crippen molar-refractivity contribution in [1.29, 1.82) is 0 Å². The van der Waals surface area contributed by atoms with E-state index >= 15 is 0 Å². The van der Waals surface area contributed by atoms with E-state index < -0.39 is 11.8 Å². The number of halogens is 1. The first-order valence-electron chi connectivity index (χ1n) is 10.7. The zero-order valence-corrected chi connectivity index (χ0v) is 19.0. The lowest BCUT2D eigenvalue weighted by Gasteiger charge is -2.28. The lowest BCUT2D eigenvalue weighted by atomic mass is 10.2. The van der Waals surface area contributed by atoms with E-state index in [0.29, 0.717) is 25.3 Å². The zero-order chi connectivity index (χ0) is 22.8. The van der Waals surface area contributed by atoms with Crippen LogP contribution in [0.4, 0.5) is 14.9 Å². The van der Waals surface area contributed by atoms with Gasteiger partial charge < -0.3 is 15.1 Å². The zero-order valence-electron chi connectivity index (χ0n) is 18.2. The maximum atomic E-state index is 13.5. The average molecular weight is 454 g/mol. The van der Waals surface area contributed by atoms with Crippen molar-refractivity contribution in [1.82, 2.24) is 9.80 Å². The quantitative estimate of drug-likeness (QED) is 0.425. The van der Waals surface area contributed by atoms with Crippen molar-refractivity contribution in [2.45, 2.75) is 32.9 Å². The molecule has 3 amide bonds. The molecule has 3 rings (SSSR count). The Bertz CT molecular complexity index is 995. The molecule has 0 fully saturated rings. The highest BCUT2D eigenvalue weighted by atomic mass is 32.1. The predicted molar refractivity (Wildman–Crippen MR) is 127 cm³/mol. The number of urea groups is 1.